The third-order valence-electron chi connectivity index (χ3n) is 0.996. The quantitative estimate of drug-likeness (QED) is 0.206. The van der Waals surface area contributed by atoms with Crippen molar-refractivity contribution >= 4 is 6.41 Å². The number of quaternary nitrogens is 1. The number of nitrogens with zero attached hydrogens (tertiary/aromatic N) is 1. The maximum Gasteiger partial charge on any atom is 0.230 e. The minimum atomic E-state index is 0. The predicted octanol–water partition coefficient (Wildman–Crippen LogP) is -3.63. The molecular weight excluding hydrogens is 168 g/mol. The molecular formula is C6H15ClN2O2. The van der Waals surface area contributed by atoms with Gasteiger partial charge in [-0.3, -0.25) is 9.63 Å². The van der Waals surface area contributed by atoms with Crippen LogP contribution in [-0.2, 0) is 9.63 Å². The third-order valence-corrected chi connectivity index (χ3v) is 0.996. The highest BCUT2D eigenvalue weighted by molar-refractivity contribution is 5.43. The Labute approximate surface area is 73.5 Å². The van der Waals surface area contributed by atoms with Crippen LogP contribution in [0.15, 0.2) is 0 Å². The minimum Gasteiger partial charge on any atom is -1.00 e. The van der Waals surface area contributed by atoms with Crippen molar-refractivity contribution in [2.24, 2.45) is 0 Å². The molecule has 0 bridgehead atoms. The summed E-state index contributed by atoms with van der Waals surface area (Å²) in [5.74, 6) is 0. The van der Waals surface area contributed by atoms with E-state index in [0.29, 0.717) is 13.0 Å². The van der Waals surface area contributed by atoms with E-state index >= 15 is 0 Å². The van der Waals surface area contributed by atoms with Crippen LogP contribution in [-0.4, -0.2) is 45.2 Å². The Morgan fingerprint density at radius 1 is 1.45 bits per heavy atom. The van der Waals surface area contributed by atoms with Crippen molar-refractivity contribution < 1.29 is 26.5 Å². The van der Waals surface area contributed by atoms with Crippen molar-refractivity contribution in [3.8, 4) is 0 Å². The van der Waals surface area contributed by atoms with Gasteiger partial charge in [-0.15, -0.1) is 0 Å². The molecule has 0 unspecified atom stereocenters. The molecule has 0 fully saturated rings. The second kappa shape index (κ2) is 6.39. The molecule has 0 aliphatic rings. The highest BCUT2D eigenvalue weighted by Crippen LogP contribution is 1.87. The number of hydrogen-bond donors (Lipinski definition) is 1. The molecule has 0 rings (SSSR count). The molecule has 0 atom stereocenters. The second-order valence-corrected chi connectivity index (χ2v) is 3.10. The number of rotatable bonds is 5. The molecule has 0 saturated heterocycles. The average molecular weight is 183 g/mol. The van der Waals surface area contributed by atoms with Crippen molar-refractivity contribution in [1.82, 2.24) is 5.48 Å². The zero-order valence-electron chi connectivity index (χ0n) is 7.13. The highest BCUT2D eigenvalue weighted by Gasteiger charge is 2.04. The summed E-state index contributed by atoms with van der Waals surface area (Å²) in [7, 11) is 6.18. The van der Waals surface area contributed by atoms with Crippen LogP contribution in [0, 0.1) is 0 Å². The third kappa shape index (κ3) is 12.8. The summed E-state index contributed by atoms with van der Waals surface area (Å²) < 4.78 is 0.834. The first-order valence-corrected chi connectivity index (χ1v) is 3.18. The van der Waals surface area contributed by atoms with Crippen molar-refractivity contribution in [2.45, 2.75) is 0 Å². The number of likely N-dealkylation sites (N-methyl/N-ethyl adjacent to an activating group) is 1. The predicted molar refractivity (Wildman–Crippen MR) is 38.1 cm³/mol. The van der Waals surface area contributed by atoms with Gasteiger partial charge in [-0.05, 0) is 0 Å². The molecule has 11 heavy (non-hydrogen) atoms. The maximum atomic E-state index is 9.69. The van der Waals surface area contributed by atoms with Crippen LogP contribution >= 0.6 is 0 Å². The lowest BCUT2D eigenvalue weighted by molar-refractivity contribution is -0.870. The Kier molecular flexibility index (Phi) is 7.72. The summed E-state index contributed by atoms with van der Waals surface area (Å²) >= 11 is 0. The average Bonchev–Trinajstić information content (AvgIpc) is 1.78. The zero-order valence-corrected chi connectivity index (χ0v) is 7.89. The molecule has 0 aromatic carbocycles. The van der Waals surface area contributed by atoms with Crippen LogP contribution in [0.2, 0.25) is 0 Å². The smallest absolute Gasteiger partial charge is 0.230 e. The SMILES string of the molecule is C[N+](C)(C)CCONC=O.[Cl-]. The standard InChI is InChI=1S/C6H14N2O2.ClH/c1-8(2,3)4-5-10-7-6-9;/h6H,4-5H2,1-3H3;1H. The number of hydroxylamine groups is 1. The molecule has 1 amide bonds. The molecule has 0 aromatic heterocycles. The Balaban J connectivity index is 0. The fourth-order valence-corrected chi connectivity index (χ4v) is 0.412. The summed E-state index contributed by atoms with van der Waals surface area (Å²) in [5, 5.41) is 0. The Bertz CT molecular complexity index is 103. The summed E-state index contributed by atoms with van der Waals surface area (Å²) in [6.07, 6.45) is 0.523. The van der Waals surface area contributed by atoms with Crippen molar-refractivity contribution in [1.29, 1.82) is 0 Å². The van der Waals surface area contributed by atoms with Gasteiger partial charge in [0.25, 0.3) is 0 Å². The van der Waals surface area contributed by atoms with E-state index in [2.05, 4.69) is 26.6 Å². The first kappa shape index (κ1) is 13.3. The van der Waals surface area contributed by atoms with E-state index in [9.17, 15) is 4.79 Å². The summed E-state index contributed by atoms with van der Waals surface area (Å²) in [4.78, 5) is 14.4. The van der Waals surface area contributed by atoms with Crippen LogP contribution in [0.3, 0.4) is 0 Å². The highest BCUT2D eigenvalue weighted by atomic mass is 35.5. The fourth-order valence-electron chi connectivity index (χ4n) is 0.412. The number of hydrogen-bond acceptors (Lipinski definition) is 2. The number of amides is 1. The molecule has 0 aromatic rings. The first-order chi connectivity index (χ1) is 4.56. The normalized spacial score (nSPS) is 10.1. The van der Waals surface area contributed by atoms with Gasteiger partial charge < -0.3 is 16.9 Å². The van der Waals surface area contributed by atoms with Gasteiger partial charge >= 0.3 is 0 Å². The molecule has 0 aliphatic heterocycles. The van der Waals surface area contributed by atoms with Gasteiger partial charge in [-0.25, -0.2) is 5.48 Å². The van der Waals surface area contributed by atoms with Crippen LogP contribution in [0.1, 0.15) is 0 Å². The van der Waals surface area contributed by atoms with Crippen molar-refractivity contribution in [3.05, 3.63) is 0 Å². The van der Waals surface area contributed by atoms with Crippen LogP contribution in [0.5, 0.6) is 0 Å². The molecule has 1 N–H and O–H groups in total. The second-order valence-electron chi connectivity index (χ2n) is 3.10. The van der Waals surface area contributed by atoms with Gasteiger partial charge in [0.2, 0.25) is 6.41 Å². The number of nitrogens with one attached hydrogen (secondary N) is 1. The molecule has 0 saturated carbocycles. The summed E-state index contributed by atoms with van der Waals surface area (Å²) in [6.45, 7) is 1.42. The van der Waals surface area contributed by atoms with Crippen LogP contribution < -0.4 is 17.9 Å². The number of carbonyl (C=O) groups excluding carboxylic acids is 1. The van der Waals surface area contributed by atoms with Gasteiger partial charge in [0.15, 0.2) is 0 Å². The first-order valence-electron chi connectivity index (χ1n) is 3.18. The lowest BCUT2D eigenvalue weighted by Gasteiger charge is -2.22. The Morgan fingerprint density at radius 2 is 2.00 bits per heavy atom. The van der Waals surface area contributed by atoms with Gasteiger partial charge in [0, 0.05) is 0 Å². The van der Waals surface area contributed by atoms with Crippen LogP contribution in [0.25, 0.3) is 0 Å². The number of halogens is 1. The minimum absolute atomic E-state index is 0. The van der Waals surface area contributed by atoms with E-state index in [4.69, 9.17) is 4.84 Å². The lowest BCUT2D eigenvalue weighted by atomic mass is 10.5. The maximum absolute atomic E-state index is 9.69. The summed E-state index contributed by atoms with van der Waals surface area (Å²) in [6, 6.07) is 0. The molecule has 0 aliphatic carbocycles. The largest absolute Gasteiger partial charge is 1.00 e. The Morgan fingerprint density at radius 3 is 2.36 bits per heavy atom. The van der Waals surface area contributed by atoms with Gasteiger partial charge in [-0.1, -0.05) is 0 Å². The van der Waals surface area contributed by atoms with Gasteiger partial charge in [0.1, 0.15) is 13.2 Å². The van der Waals surface area contributed by atoms with Crippen LogP contribution in [0.4, 0.5) is 0 Å². The fraction of sp³-hybridized carbons (Fsp3) is 0.833. The lowest BCUT2D eigenvalue weighted by Crippen LogP contribution is -3.00. The van der Waals surface area contributed by atoms with Gasteiger partial charge in [0.05, 0.1) is 21.1 Å². The van der Waals surface area contributed by atoms with E-state index in [1.165, 1.54) is 0 Å². The van der Waals surface area contributed by atoms with Gasteiger partial charge in [-0.2, -0.15) is 0 Å². The molecule has 0 radical (unpaired) electrons. The van der Waals surface area contributed by atoms with Crippen molar-refractivity contribution in [3.63, 3.8) is 0 Å². The van der Waals surface area contributed by atoms with E-state index < -0.39 is 0 Å². The monoisotopic (exact) mass is 182 g/mol. The molecule has 4 nitrogen and oxygen atoms in total. The van der Waals surface area contributed by atoms with Crippen molar-refractivity contribution in [2.75, 3.05) is 34.3 Å². The van der Waals surface area contributed by atoms with E-state index in [1.807, 2.05) is 0 Å². The topological polar surface area (TPSA) is 38.3 Å². The molecule has 5 heteroatoms. The molecule has 0 heterocycles. The van der Waals surface area contributed by atoms with E-state index in [-0.39, 0.29) is 12.4 Å². The molecule has 0 spiro atoms. The number of carbonyl (C=O) groups is 1. The van der Waals surface area contributed by atoms with E-state index in [1.54, 1.807) is 0 Å². The van der Waals surface area contributed by atoms with E-state index in [0.717, 1.165) is 11.0 Å². The molecule has 68 valence electrons. The summed E-state index contributed by atoms with van der Waals surface area (Å²) in [5.41, 5.74) is 2.13. The zero-order chi connectivity index (χ0) is 8.04. The Hall–Kier alpha value is -0.320.